The number of aromatic nitrogens is 2. The molecule has 0 spiro atoms. The highest BCUT2D eigenvalue weighted by Crippen LogP contribution is 2.54. The van der Waals surface area contributed by atoms with Gasteiger partial charge in [-0.1, -0.05) is 97.1 Å². The number of rotatable bonds is 5. The summed E-state index contributed by atoms with van der Waals surface area (Å²) in [5, 5.41) is 2.48. The summed E-state index contributed by atoms with van der Waals surface area (Å²) in [5.74, 6) is 0.929. The molecule has 5 aromatic carbocycles. The van der Waals surface area contributed by atoms with Crippen molar-refractivity contribution in [2.75, 3.05) is 18.6 Å². The molecular formula is C41H32N4. The third-order valence-corrected chi connectivity index (χ3v) is 9.70. The maximum absolute atomic E-state index is 4.81. The van der Waals surface area contributed by atoms with Gasteiger partial charge in [0.1, 0.15) is 5.82 Å². The van der Waals surface area contributed by atoms with Crippen LogP contribution in [0, 0.1) is 0 Å². The SMILES string of the molecule is CN1C=CN(c2cccc(CC3(c4ccc5c6ccccc6n(-c6ccccn6)c5c4)c4ccccc4-c4ccccc43)c2)C1. The molecule has 216 valence electrons. The van der Waals surface area contributed by atoms with E-state index in [0.29, 0.717) is 0 Å². The fourth-order valence-corrected chi connectivity index (χ4v) is 7.75. The highest BCUT2D eigenvalue weighted by atomic mass is 15.3. The van der Waals surface area contributed by atoms with Crippen molar-refractivity contribution < 1.29 is 0 Å². The summed E-state index contributed by atoms with van der Waals surface area (Å²) < 4.78 is 2.32. The maximum atomic E-state index is 4.81. The van der Waals surface area contributed by atoms with Crippen LogP contribution in [0.25, 0.3) is 38.8 Å². The summed E-state index contributed by atoms with van der Waals surface area (Å²) in [7, 11) is 2.11. The molecule has 0 saturated heterocycles. The number of anilines is 1. The van der Waals surface area contributed by atoms with E-state index in [9.17, 15) is 0 Å². The molecule has 2 aromatic heterocycles. The zero-order valence-electron chi connectivity index (χ0n) is 25.1. The van der Waals surface area contributed by atoms with Crippen LogP contribution < -0.4 is 4.90 Å². The van der Waals surface area contributed by atoms with Crippen molar-refractivity contribution in [2.45, 2.75) is 11.8 Å². The molecule has 0 unspecified atom stereocenters. The summed E-state index contributed by atoms with van der Waals surface area (Å²) >= 11 is 0. The fraction of sp³-hybridized carbons (Fsp3) is 0.0976. The van der Waals surface area contributed by atoms with Gasteiger partial charge in [-0.3, -0.25) is 4.57 Å². The smallest absolute Gasteiger partial charge is 0.137 e. The molecule has 1 aliphatic heterocycles. The third kappa shape index (κ3) is 3.89. The molecule has 0 saturated carbocycles. The van der Waals surface area contributed by atoms with Crippen LogP contribution in [0.15, 0.2) is 152 Å². The van der Waals surface area contributed by atoms with E-state index in [-0.39, 0.29) is 5.41 Å². The molecule has 7 aromatic rings. The Hall–Kier alpha value is -5.61. The second-order valence-electron chi connectivity index (χ2n) is 12.3. The number of benzene rings is 5. The first-order valence-corrected chi connectivity index (χ1v) is 15.6. The van der Waals surface area contributed by atoms with Crippen molar-refractivity contribution in [1.29, 1.82) is 0 Å². The molecule has 4 heteroatoms. The highest BCUT2D eigenvalue weighted by Gasteiger charge is 2.44. The topological polar surface area (TPSA) is 24.3 Å². The molecule has 4 nitrogen and oxygen atoms in total. The number of fused-ring (bicyclic) bond motifs is 6. The first-order valence-electron chi connectivity index (χ1n) is 15.6. The Kier molecular flexibility index (Phi) is 5.72. The highest BCUT2D eigenvalue weighted by molar-refractivity contribution is 6.09. The average molecular weight is 581 g/mol. The van der Waals surface area contributed by atoms with Crippen molar-refractivity contribution in [3.05, 3.63) is 174 Å². The average Bonchev–Trinajstić information content (AvgIpc) is 3.76. The monoisotopic (exact) mass is 580 g/mol. The van der Waals surface area contributed by atoms with E-state index in [4.69, 9.17) is 4.98 Å². The second-order valence-corrected chi connectivity index (χ2v) is 12.3. The molecule has 0 amide bonds. The van der Waals surface area contributed by atoms with Gasteiger partial charge in [0.2, 0.25) is 0 Å². The van der Waals surface area contributed by atoms with E-state index in [1.165, 1.54) is 60.9 Å². The molecule has 3 heterocycles. The van der Waals surface area contributed by atoms with Crippen molar-refractivity contribution >= 4 is 27.5 Å². The van der Waals surface area contributed by atoms with Gasteiger partial charge in [-0.15, -0.1) is 0 Å². The van der Waals surface area contributed by atoms with Crippen molar-refractivity contribution in [3.63, 3.8) is 0 Å². The van der Waals surface area contributed by atoms with Crippen LogP contribution in [0.3, 0.4) is 0 Å². The van der Waals surface area contributed by atoms with Gasteiger partial charge in [-0.2, -0.15) is 0 Å². The Morgan fingerprint density at radius 2 is 1.38 bits per heavy atom. The predicted molar refractivity (Wildman–Crippen MR) is 185 cm³/mol. The van der Waals surface area contributed by atoms with Gasteiger partial charge < -0.3 is 9.80 Å². The molecule has 1 aliphatic carbocycles. The second kappa shape index (κ2) is 9.96. The minimum Gasteiger partial charge on any atom is -0.361 e. The van der Waals surface area contributed by atoms with Gasteiger partial charge in [0, 0.05) is 42.1 Å². The third-order valence-electron chi connectivity index (χ3n) is 9.70. The van der Waals surface area contributed by atoms with Crippen LogP contribution in [0.4, 0.5) is 5.69 Å². The Morgan fingerprint density at radius 1 is 0.644 bits per heavy atom. The number of nitrogens with zero attached hydrogens (tertiary/aromatic N) is 4. The lowest BCUT2D eigenvalue weighted by atomic mass is 9.68. The van der Waals surface area contributed by atoms with Gasteiger partial charge in [-0.25, -0.2) is 4.98 Å². The predicted octanol–water partition coefficient (Wildman–Crippen LogP) is 8.92. The molecule has 0 atom stereocenters. The van der Waals surface area contributed by atoms with Crippen LogP contribution in [0.2, 0.25) is 0 Å². The van der Waals surface area contributed by atoms with Gasteiger partial charge >= 0.3 is 0 Å². The Morgan fingerprint density at radius 3 is 2.13 bits per heavy atom. The van der Waals surface area contributed by atoms with Crippen LogP contribution in [-0.2, 0) is 11.8 Å². The number of hydrogen-bond donors (Lipinski definition) is 0. The van der Waals surface area contributed by atoms with E-state index >= 15 is 0 Å². The Labute approximate surface area is 263 Å². The van der Waals surface area contributed by atoms with Crippen LogP contribution in [0.1, 0.15) is 22.3 Å². The Bertz CT molecular complexity index is 2220. The lowest BCUT2D eigenvalue weighted by Gasteiger charge is -2.34. The van der Waals surface area contributed by atoms with Crippen molar-refractivity contribution in [3.8, 4) is 16.9 Å². The van der Waals surface area contributed by atoms with Crippen LogP contribution in [-0.4, -0.2) is 28.2 Å². The molecule has 45 heavy (non-hydrogen) atoms. The number of pyridine rings is 1. The minimum atomic E-state index is -0.372. The van der Waals surface area contributed by atoms with E-state index in [2.05, 4.69) is 161 Å². The summed E-state index contributed by atoms with van der Waals surface area (Å²) in [6, 6.07) is 49.1. The van der Waals surface area contributed by atoms with Gasteiger partial charge in [-0.05, 0) is 76.2 Å². The zero-order valence-corrected chi connectivity index (χ0v) is 25.1. The first kappa shape index (κ1) is 25.8. The quantitative estimate of drug-likeness (QED) is 0.203. The molecule has 2 aliphatic rings. The standard InChI is InChI=1S/C41H32N4/c1-43-23-24-44(28-43)31-12-10-11-29(25-31)27-41(36-16-5-2-13-32(36)33-14-3-6-17-37(33)41)30-20-21-35-34-15-4-7-18-38(34)45(39(35)26-30)40-19-8-9-22-42-40/h2-26H,27-28H2,1H3. The summed E-state index contributed by atoms with van der Waals surface area (Å²) in [5.41, 5.74) is 11.1. The number of hydrogen-bond acceptors (Lipinski definition) is 3. The normalized spacial score (nSPS) is 14.8. The van der Waals surface area contributed by atoms with E-state index in [1.807, 2.05) is 12.3 Å². The number of para-hydroxylation sites is 1. The Balaban J connectivity index is 1.31. The minimum absolute atomic E-state index is 0.372. The lowest BCUT2D eigenvalue weighted by molar-refractivity contribution is 0.495. The lowest BCUT2D eigenvalue weighted by Crippen LogP contribution is -2.30. The zero-order chi connectivity index (χ0) is 30.0. The fourth-order valence-electron chi connectivity index (χ4n) is 7.75. The maximum Gasteiger partial charge on any atom is 0.137 e. The molecule has 0 bridgehead atoms. The first-order chi connectivity index (χ1) is 22.2. The van der Waals surface area contributed by atoms with Crippen molar-refractivity contribution in [2.24, 2.45) is 0 Å². The van der Waals surface area contributed by atoms with Crippen LogP contribution >= 0.6 is 0 Å². The summed E-state index contributed by atoms with van der Waals surface area (Å²) in [4.78, 5) is 9.32. The molecule has 0 radical (unpaired) electrons. The van der Waals surface area contributed by atoms with E-state index in [1.54, 1.807) is 0 Å². The summed E-state index contributed by atoms with van der Waals surface area (Å²) in [6.45, 7) is 0.856. The molecular weight excluding hydrogens is 548 g/mol. The van der Waals surface area contributed by atoms with E-state index in [0.717, 1.165) is 18.9 Å². The van der Waals surface area contributed by atoms with Crippen LogP contribution in [0.5, 0.6) is 0 Å². The van der Waals surface area contributed by atoms with Crippen molar-refractivity contribution in [1.82, 2.24) is 14.5 Å². The molecule has 0 fully saturated rings. The van der Waals surface area contributed by atoms with Gasteiger partial charge in [0.15, 0.2) is 0 Å². The molecule has 0 N–H and O–H groups in total. The summed E-state index contributed by atoms with van der Waals surface area (Å²) in [6.07, 6.45) is 7.02. The molecule has 9 rings (SSSR count). The van der Waals surface area contributed by atoms with Gasteiger partial charge in [0.05, 0.1) is 23.1 Å². The van der Waals surface area contributed by atoms with Gasteiger partial charge in [0.25, 0.3) is 0 Å². The van der Waals surface area contributed by atoms with E-state index < -0.39 is 0 Å². The largest absolute Gasteiger partial charge is 0.361 e.